The quantitative estimate of drug-likeness (QED) is 0.170. The predicted octanol–water partition coefficient (Wildman–Crippen LogP) is 4.23. The summed E-state index contributed by atoms with van der Waals surface area (Å²) < 4.78 is 31.8. The van der Waals surface area contributed by atoms with Crippen molar-refractivity contribution in [1.29, 1.82) is 0 Å². The lowest BCUT2D eigenvalue weighted by Gasteiger charge is -2.42. The summed E-state index contributed by atoms with van der Waals surface area (Å²) in [5.41, 5.74) is 0. The van der Waals surface area contributed by atoms with E-state index in [2.05, 4.69) is 65.8 Å². The van der Waals surface area contributed by atoms with E-state index in [9.17, 15) is 0 Å². The SMILES string of the molecule is CCCC[Si](C)(O[SiH](C)O[Si](C)(C)C)O[Si](C)(CCCOCC(O)O)O[Si](C)(C)C. The van der Waals surface area contributed by atoms with Gasteiger partial charge in [-0.05, 0) is 77.4 Å². The van der Waals surface area contributed by atoms with Crippen molar-refractivity contribution in [2.45, 2.75) is 103 Å². The first kappa shape index (κ1) is 30.8. The van der Waals surface area contributed by atoms with Crippen molar-refractivity contribution in [2.24, 2.45) is 0 Å². The van der Waals surface area contributed by atoms with Crippen molar-refractivity contribution < 1.29 is 31.4 Å². The molecular weight excluding hydrogens is 469 g/mol. The normalized spacial score (nSPS) is 18.3. The van der Waals surface area contributed by atoms with Crippen molar-refractivity contribution in [3.8, 4) is 0 Å². The molecule has 0 amide bonds. The van der Waals surface area contributed by atoms with Crippen molar-refractivity contribution in [1.82, 2.24) is 0 Å². The van der Waals surface area contributed by atoms with Gasteiger partial charge in [-0.1, -0.05) is 19.8 Å². The van der Waals surface area contributed by atoms with E-state index in [1.807, 2.05) is 0 Å². The monoisotopic (exact) mass is 516 g/mol. The molecule has 7 nitrogen and oxygen atoms in total. The Balaban J connectivity index is 5.32. The van der Waals surface area contributed by atoms with Crippen LogP contribution in [0.5, 0.6) is 0 Å². The summed E-state index contributed by atoms with van der Waals surface area (Å²) in [7, 11) is -10.2. The maximum atomic E-state index is 8.94. The molecule has 0 aromatic heterocycles. The van der Waals surface area contributed by atoms with Gasteiger partial charge in [-0.2, -0.15) is 0 Å². The van der Waals surface area contributed by atoms with Crippen molar-refractivity contribution >= 4 is 43.0 Å². The minimum atomic E-state index is -2.50. The Hall–Kier alpha value is 0.804. The third kappa shape index (κ3) is 16.4. The van der Waals surface area contributed by atoms with E-state index in [0.717, 1.165) is 31.4 Å². The zero-order valence-electron chi connectivity index (χ0n) is 21.0. The number of rotatable bonds is 17. The van der Waals surface area contributed by atoms with Crippen LogP contribution in [0.25, 0.3) is 0 Å². The molecule has 0 bridgehead atoms. The van der Waals surface area contributed by atoms with Gasteiger partial charge in [-0.15, -0.1) is 0 Å². The summed E-state index contributed by atoms with van der Waals surface area (Å²) in [5.74, 6) is 0. The molecule has 0 heterocycles. The van der Waals surface area contributed by atoms with Gasteiger partial charge in [0.1, 0.15) is 0 Å². The molecule has 0 aliphatic heterocycles. The highest BCUT2D eigenvalue weighted by atomic mass is 28.5. The van der Waals surface area contributed by atoms with Crippen LogP contribution in [0, 0.1) is 0 Å². The van der Waals surface area contributed by atoms with Gasteiger partial charge in [0.2, 0.25) is 0 Å². The Bertz CT molecular complexity index is 473. The standard InChI is InChI=1S/C18H48O7Si5/c1-11-12-15-29(9,23-26(2)22-27(3,4)5)25-30(10,24-28(6,7)8)16-13-14-21-17-18(19)20/h18-20,26H,11-17H2,1-10H3. The number of aliphatic hydroxyl groups excluding tert-OH is 1. The minimum absolute atomic E-state index is 0.0722. The van der Waals surface area contributed by atoms with Crippen LogP contribution in [-0.4, -0.2) is 72.8 Å². The fourth-order valence-electron chi connectivity index (χ4n) is 3.42. The molecule has 0 aromatic carbocycles. The molecule has 2 N–H and O–H groups in total. The summed E-state index contributed by atoms with van der Waals surface area (Å²) in [6, 6.07) is 1.74. The van der Waals surface area contributed by atoms with Crippen molar-refractivity contribution in [3.63, 3.8) is 0 Å². The average Bonchev–Trinajstić information content (AvgIpc) is 2.48. The third-order valence-electron chi connectivity index (χ3n) is 4.06. The van der Waals surface area contributed by atoms with Crippen LogP contribution in [0.2, 0.25) is 71.0 Å². The molecule has 3 atom stereocenters. The van der Waals surface area contributed by atoms with Crippen LogP contribution >= 0.6 is 0 Å². The molecule has 30 heavy (non-hydrogen) atoms. The highest BCUT2D eigenvalue weighted by molar-refractivity contribution is 6.88. The Morgan fingerprint density at radius 1 is 0.767 bits per heavy atom. The second-order valence-corrected chi connectivity index (χ2v) is 28.9. The lowest BCUT2D eigenvalue weighted by atomic mass is 10.4. The molecule has 0 radical (unpaired) electrons. The van der Waals surface area contributed by atoms with Crippen LogP contribution in [0.4, 0.5) is 0 Å². The molecule has 0 rings (SSSR count). The number of aliphatic hydroxyl groups is 2. The molecule has 0 saturated heterocycles. The van der Waals surface area contributed by atoms with E-state index in [4.69, 9.17) is 31.4 Å². The first-order valence-corrected chi connectivity index (χ1v) is 25.2. The second-order valence-electron chi connectivity index (χ2n) is 10.3. The van der Waals surface area contributed by atoms with Gasteiger partial charge in [0.15, 0.2) is 22.9 Å². The zero-order valence-corrected chi connectivity index (χ0v) is 26.2. The van der Waals surface area contributed by atoms with Crippen LogP contribution in [0.15, 0.2) is 0 Å². The number of unbranched alkanes of at least 4 members (excludes halogenated alkanes) is 1. The largest absolute Gasteiger partial charge is 0.439 e. The molecule has 12 heteroatoms. The molecule has 0 aromatic rings. The highest BCUT2D eigenvalue weighted by Crippen LogP contribution is 2.30. The Labute approximate surface area is 191 Å². The Morgan fingerprint density at radius 2 is 1.33 bits per heavy atom. The van der Waals surface area contributed by atoms with Gasteiger partial charge in [0.25, 0.3) is 9.28 Å². The molecule has 0 aliphatic rings. The topological polar surface area (TPSA) is 86.6 Å². The molecule has 3 unspecified atom stereocenters. The van der Waals surface area contributed by atoms with E-state index in [-0.39, 0.29) is 6.61 Å². The smallest absolute Gasteiger partial charge is 0.317 e. The lowest BCUT2D eigenvalue weighted by molar-refractivity contribution is -0.0945. The van der Waals surface area contributed by atoms with Crippen molar-refractivity contribution in [3.05, 3.63) is 0 Å². The van der Waals surface area contributed by atoms with Crippen LogP contribution in [-0.2, 0) is 21.2 Å². The number of ether oxygens (including phenoxy) is 1. The lowest BCUT2D eigenvalue weighted by Crippen LogP contribution is -2.57. The van der Waals surface area contributed by atoms with Crippen molar-refractivity contribution in [2.75, 3.05) is 13.2 Å². The summed E-state index contributed by atoms with van der Waals surface area (Å²) in [5, 5.41) is 17.9. The fraction of sp³-hybridized carbons (Fsp3) is 1.00. The van der Waals surface area contributed by atoms with Gasteiger partial charge in [0.05, 0.1) is 6.61 Å². The first-order chi connectivity index (χ1) is 13.5. The maximum Gasteiger partial charge on any atom is 0.317 e. The van der Waals surface area contributed by atoms with Gasteiger partial charge in [0, 0.05) is 6.61 Å². The first-order valence-electron chi connectivity index (χ1n) is 11.2. The van der Waals surface area contributed by atoms with Gasteiger partial charge in [-0.3, -0.25) is 0 Å². The summed E-state index contributed by atoms with van der Waals surface area (Å²) in [4.78, 5) is 0. The van der Waals surface area contributed by atoms with E-state index < -0.39 is 49.3 Å². The highest BCUT2D eigenvalue weighted by Gasteiger charge is 2.45. The molecular formula is C18H48O7Si5. The van der Waals surface area contributed by atoms with Gasteiger partial charge in [-0.25, -0.2) is 0 Å². The maximum absolute atomic E-state index is 8.94. The Morgan fingerprint density at radius 3 is 1.80 bits per heavy atom. The molecule has 0 spiro atoms. The van der Waals surface area contributed by atoms with Crippen LogP contribution in [0.3, 0.4) is 0 Å². The van der Waals surface area contributed by atoms with E-state index in [1.54, 1.807) is 0 Å². The molecule has 0 fully saturated rings. The molecule has 182 valence electrons. The van der Waals surface area contributed by atoms with Gasteiger partial charge >= 0.3 is 17.1 Å². The van der Waals surface area contributed by atoms with E-state index in [1.165, 1.54) is 0 Å². The number of hydrogen-bond acceptors (Lipinski definition) is 7. The van der Waals surface area contributed by atoms with E-state index in [0.29, 0.717) is 6.61 Å². The summed E-state index contributed by atoms with van der Waals surface area (Å²) in [6.07, 6.45) is 1.51. The third-order valence-corrected chi connectivity index (χ3v) is 21.7. The fourth-order valence-corrected chi connectivity index (χ4v) is 24.3. The number of hydrogen-bond donors (Lipinski definition) is 2. The molecule has 0 saturated carbocycles. The van der Waals surface area contributed by atoms with Crippen LogP contribution < -0.4 is 0 Å². The van der Waals surface area contributed by atoms with Gasteiger partial charge < -0.3 is 31.4 Å². The predicted molar refractivity (Wildman–Crippen MR) is 135 cm³/mol. The minimum Gasteiger partial charge on any atom is -0.439 e. The van der Waals surface area contributed by atoms with E-state index >= 15 is 0 Å². The summed E-state index contributed by atoms with van der Waals surface area (Å²) >= 11 is 0. The van der Waals surface area contributed by atoms with Crippen LogP contribution in [0.1, 0.15) is 26.2 Å². The summed E-state index contributed by atoms with van der Waals surface area (Å²) in [6.45, 7) is 22.2. The Kier molecular flexibility index (Phi) is 13.9. The molecule has 0 aliphatic carbocycles. The zero-order chi connectivity index (χ0) is 23.6. The second kappa shape index (κ2) is 13.5. The average molecular weight is 517 g/mol.